The van der Waals surface area contributed by atoms with E-state index in [0.29, 0.717) is 41.3 Å². The lowest BCUT2D eigenvalue weighted by Gasteiger charge is -2.24. The first kappa shape index (κ1) is 21.4. The van der Waals surface area contributed by atoms with Gasteiger partial charge in [0.1, 0.15) is 24.7 Å². The number of aldehydes is 1. The Hall–Kier alpha value is -3.35. The van der Waals surface area contributed by atoms with Gasteiger partial charge in [-0.05, 0) is 41.5 Å². The van der Waals surface area contributed by atoms with Gasteiger partial charge in [-0.15, -0.1) is 0 Å². The molecule has 0 bridgehead atoms. The van der Waals surface area contributed by atoms with E-state index >= 15 is 0 Å². The van der Waals surface area contributed by atoms with Crippen molar-refractivity contribution in [2.75, 3.05) is 13.7 Å². The van der Waals surface area contributed by atoms with E-state index in [1.807, 2.05) is 30.3 Å². The molecular formula is C24H24O6. The van der Waals surface area contributed by atoms with Gasteiger partial charge in [-0.2, -0.15) is 0 Å². The number of carbonyl (C=O) groups excluding carboxylic acids is 1. The number of aliphatic hydroxyl groups excluding tert-OH is 2. The van der Waals surface area contributed by atoms with Gasteiger partial charge in [0.2, 0.25) is 0 Å². The van der Waals surface area contributed by atoms with E-state index in [0.717, 1.165) is 5.56 Å². The van der Waals surface area contributed by atoms with Gasteiger partial charge in [-0.1, -0.05) is 42.5 Å². The topological polar surface area (TPSA) is 85.2 Å². The third-order valence-corrected chi connectivity index (χ3v) is 4.60. The average Bonchev–Trinajstić information content (AvgIpc) is 2.81. The molecule has 0 aliphatic rings. The first-order chi connectivity index (χ1) is 14.6. The maximum absolute atomic E-state index is 10.9. The van der Waals surface area contributed by atoms with E-state index < -0.39 is 18.8 Å². The summed E-state index contributed by atoms with van der Waals surface area (Å²) >= 11 is 0. The molecule has 0 saturated carbocycles. The van der Waals surface area contributed by atoms with Gasteiger partial charge >= 0.3 is 0 Å². The Balaban J connectivity index is 1.66. The molecule has 0 aliphatic heterocycles. The largest absolute Gasteiger partial charge is 0.493 e. The third kappa shape index (κ3) is 5.37. The Morgan fingerprint density at radius 3 is 2.33 bits per heavy atom. The number of rotatable bonds is 10. The second kappa shape index (κ2) is 10.4. The first-order valence-corrected chi connectivity index (χ1v) is 9.50. The fourth-order valence-corrected chi connectivity index (χ4v) is 2.94. The average molecular weight is 408 g/mol. The minimum atomic E-state index is -1.08. The maximum Gasteiger partial charge on any atom is 0.161 e. The molecule has 0 radical (unpaired) electrons. The maximum atomic E-state index is 10.9. The van der Waals surface area contributed by atoms with Crippen LogP contribution in [0.2, 0.25) is 0 Å². The SMILES string of the molecule is COc1cc(C=O)ccc1O[C@@H](CO)[C@@H](O)c1ccc(OCc2ccccc2)cc1. The molecule has 0 unspecified atom stereocenters. The molecule has 0 aromatic heterocycles. The van der Waals surface area contributed by atoms with Crippen LogP contribution in [0.15, 0.2) is 72.8 Å². The van der Waals surface area contributed by atoms with Crippen molar-refractivity contribution in [1.82, 2.24) is 0 Å². The molecule has 2 atom stereocenters. The highest BCUT2D eigenvalue weighted by atomic mass is 16.5. The summed E-state index contributed by atoms with van der Waals surface area (Å²) in [5.74, 6) is 1.33. The fourth-order valence-electron chi connectivity index (χ4n) is 2.94. The molecule has 6 heteroatoms. The van der Waals surface area contributed by atoms with Crippen molar-refractivity contribution in [2.24, 2.45) is 0 Å². The Morgan fingerprint density at radius 2 is 1.70 bits per heavy atom. The van der Waals surface area contributed by atoms with Crippen LogP contribution in [-0.2, 0) is 6.61 Å². The van der Waals surface area contributed by atoms with Crippen molar-refractivity contribution in [3.63, 3.8) is 0 Å². The lowest BCUT2D eigenvalue weighted by molar-refractivity contribution is -0.000438. The molecule has 156 valence electrons. The van der Waals surface area contributed by atoms with E-state index in [4.69, 9.17) is 14.2 Å². The summed E-state index contributed by atoms with van der Waals surface area (Å²) in [5, 5.41) is 20.4. The zero-order valence-electron chi connectivity index (χ0n) is 16.6. The highest BCUT2D eigenvalue weighted by molar-refractivity contribution is 5.76. The highest BCUT2D eigenvalue weighted by Crippen LogP contribution is 2.31. The normalized spacial score (nSPS) is 12.6. The van der Waals surface area contributed by atoms with Crippen LogP contribution in [0.4, 0.5) is 0 Å². The van der Waals surface area contributed by atoms with Crippen molar-refractivity contribution < 1.29 is 29.2 Å². The molecule has 0 fully saturated rings. The Labute approximate surface area is 175 Å². The van der Waals surface area contributed by atoms with Crippen molar-refractivity contribution in [2.45, 2.75) is 18.8 Å². The van der Waals surface area contributed by atoms with Crippen LogP contribution >= 0.6 is 0 Å². The number of hydrogen-bond acceptors (Lipinski definition) is 6. The molecule has 0 heterocycles. The summed E-state index contributed by atoms with van der Waals surface area (Å²) in [6.45, 7) is 0.0354. The van der Waals surface area contributed by atoms with Crippen molar-refractivity contribution >= 4 is 6.29 Å². The van der Waals surface area contributed by atoms with Crippen LogP contribution in [0.5, 0.6) is 17.2 Å². The third-order valence-electron chi connectivity index (χ3n) is 4.60. The lowest BCUT2D eigenvalue weighted by Crippen LogP contribution is -2.29. The van der Waals surface area contributed by atoms with Crippen LogP contribution in [0.1, 0.15) is 27.6 Å². The van der Waals surface area contributed by atoms with Crippen LogP contribution in [0.25, 0.3) is 0 Å². The van der Waals surface area contributed by atoms with Crippen molar-refractivity contribution in [3.05, 3.63) is 89.5 Å². The van der Waals surface area contributed by atoms with Crippen LogP contribution < -0.4 is 14.2 Å². The molecule has 3 rings (SSSR count). The highest BCUT2D eigenvalue weighted by Gasteiger charge is 2.23. The van der Waals surface area contributed by atoms with Crippen LogP contribution in [0.3, 0.4) is 0 Å². The zero-order valence-corrected chi connectivity index (χ0v) is 16.6. The summed E-state index contributed by atoms with van der Waals surface area (Å²) in [6, 6.07) is 21.5. The summed E-state index contributed by atoms with van der Waals surface area (Å²) in [5.41, 5.74) is 2.07. The quantitative estimate of drug-likeness (QED) is 0.499. The number of carbonyl (C=O) groups is 1. The fraction of sp³-hybridized carbons (Fsp3) is 0.208. The van der Waals surface area contributed by atoms with Crippen molar-refractivity contribution in [1.29, 1.82) is 0 Å². The predicted octanol–water partition coefficient (Wildman–Crippen LogP) is 3.56. The Kier molecular flexibility index (Phi) is 7.43. The van der Waals surface area contributed by atoms with Crippen LogP contribution in [0, 0.1) is 0 Å². The van der Waals surface area contributed by atoms with Crippen molar-refractivity contribution in [3.8, 4) is 17.2 Å². The number of methoxy groups -OCH3 is 1. The molecule has 0 saturated heterocycles. The van der Waals surface area contributed by atoms with Gasteiger partial charge in [-0.3, -0.25) is 4.79 Å². The van der Waals surface area contributed by atoms with Crippen LogP contribution in [-0.4, -0.2) is 36.3 Å². The molecule has 0 aliphatic carbocycles. The van der Waals surface area contributed by atoms with Gasteiger partial charge in [0.05, 0.1) is 13.7 Å². The summed E-state index contributed by atoms with van der Waals surface area (Å²) in [4.78, 5) is 10.9. The number of benzene rings is 3. The smallest absolute Gasteiger partial charge is 0.161 e. The Bertz CT molecular complexity index is 940. The second-order valence-corrected chi connectivity index (χ2v) is 6.66. The summed E-state index contributed by atoms with van der Waals surface area (Å²) in [7, 11) is 1.45. The zero-order chi connectivity index (χ0) is 21.3. The van der Waals surface area contributed by atoms with Gasteiger partial charge in [0, 0.05) is 5.56 Å². The molecule has 3 aromatic carbocycles. The monoisotopic (exact) mass is 408 g/mol. The van der Waals surface area contributed by atoms with E-state index in [1.165, 1.54) is 13.2 Å². The molecule has 6 nitrogen and oxygen atoms in total. The molecule has 0 spiro atoms. The molecular weight excluding hydrogens is 384 g/mol. The molecule has 0 amide bonds. The summed E-state index contributed by atoms with van der Waals surface area (Å²) < 4.78 is 16.8. The van der Waals surface area contributed by atoms with Gasteiger partial charge in [0.15, 0.2) is 17.6 Å². The van der Waals surface area contributed by atoms with Gasteiger partial charge in [-0.25, -0.2) is 0 Å². The van der Waals surface area contributed by atoms with E-state index in [1.54, 1.807) is 36.4 Å². The molecule has 3 aromatic rings. The molecule has 2 N–H and O–H groups in total. The Morgan fingerprint density at radius 1 is 0.967 bits per heavy atom. The van der Waals surface area contributed by atoms with E-state index in [-0.39, 0.29) is 0 Å². The number of aliphatic hydroxyl groups is 2. The van der Waals surface area contributed by atoms with E-state index in [9.17, 15) is 15.0 Å². The van der Waals surface area contributed by atoms with Gasteiger partial charge in [0.25, 0.3) is 0 Å². The summed E-state index contributed by atoms with van der Waals surface area (Å²) in [6.07, 6.45) is -1.29. The second-order valence-electron chi connectivity index (χ2n) is 6.66. The first-order valence-electron chi connectivity index (χ1n) is 9.50. The lowest BCUT2D eigenvalue weighted by atomic mass is 10.0. The standard InChI is InChI=1S/C24H24O6/c1-28-22-13-18(14-25)7-12-21(22)30-23(15-26)24(27)19-8-10-20(11-9-19)29-16-17-5-3-2-4-6-17/h2-14,23-24,26-27H,15-16H2,1H3/t23-,24-/m0/s1. The number of ether oxygens (including phenoxy) is 3. The minimum absolute atomic E-state index is 0.323. The van der Waals surface area contributed by atoms with E-state index in [2.05, 4.69) is 0 Å². The molecule has 30 heavy (non-hydrogen) atoms. The number of hydrogen-bond donors (Lipinski definition) is 2. The van der Waals surface area contributed by atoms with Gasteiger partial charge < -0.3 is 24.4 Å². The minimum Gasteiger partial charge on any atom is -0.493 e. The predicted molar refractivity (Wildman–Crippen MR) is 112 cm³/mol.